The molecule has 0 atom stereocenters. The Morgan fingerprint density at radius 1 is 1.05 bits per heavy atom. The molecule has 0 saturated heterocycles. The number of nitrogens with two attached hydrogens (primary N) is 1. The van der Waals surface area contributed by atoms with E-state index in [2.05, 4.69) is 24.9 Å². The smallest absolute Gasteiger partial charge is 0.219 e. The average Bonchev–Trinajstić information content (AvgIpc) is 2.47. The van der Waals surface area contributed by atoms with E-state index in [-0.39, 0.29) is 0 Å². The van der Waals surface area contributed by atoms with Crippen LogP contribution in [-0.4, -0.2) is 4.98 Å². The lowest BCUT2D eigenvalue weighted by molar-refractivity contribution is 0.459. The van der Waals surface area contributed by atoms with Gasteiger partial charge in [0.05, 0.1) is 0 Å². The van der Waals surface area contributed by atoms with Gasteiger partial charge in [-0.05, 0) is 42.2 Å². The van der Waals surface area contributed by atoms with E-state index in [1.165, 1.54) is 5.56 Å². The van der Waals surface area contributed by atoms with E-state index in [1.807, 2.05) is 30.3 Å². The van der Waals surface area contributed by atoms with E-state index in [9.17, 15) is 0 Å². The molecule has 2 N–H and O–H groups in total. The SMILES string of the molecule is CCc1cccc(Oc2cc(CN)cc(CC)n2)c1. The molecule has 0 amide bonds. The Kier molecular flexibility index (Phi) is 4.53. The number of ether oxygens (including phenoxy) is 1. The molecule has 3 nitrogen and oxygen atoms in total. The predicted molar refractivity (Wildman–Crippen MR) is 77.4 cm³/mol. The first-order valence-electron chi connectivity index (χ1n) is 6.71. The third-order valence-electron chi connectivity index (χ3n) is 3.04. The van der Waals surface area contributed by atoms with Crippen LogP contribution in [0.3, 0.4) is 0 Å². The fourth-order valence-electron chi connectivity index (χ4n) is 1.92. The van der Waals surface area contributed by atoms with Crippen molar-refractivity contribution >= 4 is 0 Å². The van der Waals surface area contributed by atoms with Gasteiger partial charge in [-0.3, -0.25) is 0 Å². The summed E-state index contributed by atoms with van der Waals surface area (Å²) < 4.78 is 5.84. The second-order valence-electron chi connectivity index (χ2n) is 4.47. The van der Waals surface area contributed by atoms with Gasteiger partial charge in [0, 0.05) is 18.3 Å². The van der Waals surface area contributed by atoms with Crippen LogP contribution in [0.5, 0.6) is 11.6 Å². The van der Waals surface area contributed by atoms with Gasteiger partial charge in [0.15, 0.2) is 0 Å². The van der Waals surface area contributed by atoms with Gasteiger partial charge in [0.25, 0.3) is 0 Å². The maximum Gasteiger partial charge on any atom is 0.219 e. The highest BCUT2D eigenvalue weighted by Crippen LogP contribution is 2.22. The van der Waals surface area contributed by atoms with Crippen LogP contribution in [-0.2, 0) is 19.4 Å². The standard InChI is InChI=1S/C16H20N2O/c1-3-12-6-5-7-15(9-12)19-16-10-13(11-17)8-14(4-2)18-16/h5-10H,3-4,11,17H2,1-2H3. The molecule has 1 aromatic heterocycles. The second-order valence-corrected chi connectivity index (χ2v) is 4.47. The van der Waals surface area contributed by atoms with E-state index < -0.39 is 0 Å². The maximum atomic E-state index is 5.84. The molecule has 0 aliphatic carbocycles. The quantitative estimate of drug-likeness (QED) is 0.891. The zero-order chi connectivity index (χ0) is 13.7. The highest BCUT2D eigenvalue weighted by molar-refractivity contribution is 5.33. The Morgan fingerprint density at radius 2 is 1.89 bits per heavy atom. The molecule has 0 spiro atoms. The lowest BCUT2D eigenvalue weighted by Gasteiger charge is -2.09. The molecule has 1 aromatic carbocycles. The van der Waals surface area contributed by atoms with E-state index in [4.69, 9.17) is 10.5 Å². The number of aromatic nitrogens is 1. The molecule has 3 heteroatoms. The van der Waals surface area contributed by atoms with E-state index in [1.54, 1.807) is 0 Å². The number of aryl methyl sites for hydroxylation is 2. The van der Waals surface area contributed by atoms with Crippen molar-refractivity contribution in [2.75, 3.05) is 0 Å². The van der Waals surface area contributed by atoms with Crippen LogP contribution in [0, 0.1) is 0 Å². The highest BCUT2D eigenvalue weighted by Gasteiger charge is 2.04. The van der Waals surface area contributed by atoms with Crippen molar-refractivity contribution in [3.05, 3.63) is 53.2 Å². The summed E-state index contributed by atoms with van der Waals surface area (Å²) in [5, 5.41) is 0. The Balaban J connectivity index is 2.26. The monoisotopic (exact) mass is 256 g/mol. The topological polar surface area (TPSA) is 48.1 Å². The Bertz CT molecular complexity index is 530. The van der Waals surface area contributed by atoms with Gasteiger partial charge in [0.2, 0.25) is 5.88 Å². The number of rotatable bonds is 5. The van der Waals surface area contributed by atoms with Gasteiger partial charge in [-0.1, -0.05) is 26.0 Å². The predicted octanol–water partition coefficient (Wildman–Crippen LogP) is 3.46. The van der Waals surface area contributed by atoms with Crippen LogP contribution < -0.4 is 10.5 Å². The molecule has 0 aliphatic heterocycles. The van der Waals surface area contributed by atoms with E-state index >= 15 is 0 Å². The molecule has 2 aromatic rings. The summed E-state index contributed by atoms with van der Waals surface area (Å²) in [7, 11) is 0. The molecule has 0 unspecified atom stereocenters. The Hall–Kier alpha value is -1.87. The van der Waals surface area contributed by atoms with Gasteiger partial charge >= 0.3 is 0 Å². The summed E-state index contributed by atoms with van der Waals surface area (Å²) in [5.41, 5.74) is 9.00. The largest absolute Gasteiger partial charge is 0.439 e. The first kappa shape index (κ1) is 13.6. The zero-order valence-corrected chi connectivity index (χ0v) is 11.5. The van der Waals surface area contributed by atoms with Crippen molar-refractivity contribution < 1.29 is 4.74 Å². The van der Waals surface area contributed by atoms with Crippen LogP contribution in [0.15, 0.2) is 36.4 Å². The summed E-state index contributed by atoms with van der Waals surface area (Å²) in [6.07, 6.45) is 1.87. The number of hydrogen-bond donors (Lipinski definition) is 1. The van der Waals surface area contributed by atoms with Crippen molar-refractivity contribution in [1.29, 1.82) is 0 Å². The minimum atomic E-state index is 0.501. The van der Waals surface area contributed by atoms with Crippen molar-refractivity contribution in [2.45, 2.75) is 33.2 Å². The van der Waals surface area contributed by atoms with Crippen LogP contribution >= 0.6 is 0 Å². The van der Waals surface area contributed by atoms with Gasteiger partial charge in [-0.25, -0.2) is 4.98 Å². The van der Waals surface area contributed by atoms with Crippen molar-refractivity contribution in [3.8, 4) is 11.6 Å². The molecule has 19 heavy (non-hydrogen) atoms. The summed E-state index contributed by atoms with van der Waals surface area (Å²) in [6.45, 7) is 4.70. The number of pyridine rings is 1. The average molecular weight is 256 g/mol. The Labute approximate surface area is 114 Å². The molecule has 100 valence electrons. The number of benzene rings is 1. The summed E-state index contributed by atoms with van der Waals surface area (Å²) in [5.74, 6) is 1.44. The molecule has 0 fully saturated rings. The maximum absolute atomic E-state index is 5.84. The highest BCUT2D eigenvalue weighted by atomic mass is 16.5. The molecule has 2 rings (SSSR count). The molecule has 0 radical (unpaired) electrons. The summed E-state index contributed by atoms with van der Waals surface area (Å²) >= 11 is 0. The Morgan fingerprint density at radius 3 is 2.58 bits per heavy atom. The third-order valence-corrected chi connectivity index (χ3v) is 3.04. The molecular weight excluding hydrogens is 236 g/mol. The molecule has 1 heterocycles. The van der Waals surface area contributed by atoms with Crippen LogP contribution in [0.2, 0.25) is 0 Å². The molecule has 0 bridgehead atoms. The van der Waals surface area contributed by atoms with E-state index in [0.29, 0.717) is 12.4 Å². The normalized spacial score (nSPS) is 10.5. The first-order chi connectivity index (χ1) is 9.25. The molecule has 0 saturated carbocycles. The first-order valence-corrected chi connectivity index (χ1v) is 6.71. The van der Waals surface area contributed by atoms with Crippen molar-refractivity contribution in [2.24, 2.45) is 5.73 Å². The third kappa shape index (κ3) is 3.55. The molecule has 0 aliphatic rings. The van der Waals surface area contributed by atoms with Crippen LogP contribution in [0.1, 0.15) is 30.7 Å². The van der Waals surface area contributed by atoms with E-state index in [0.717, 1.165) is 29.8 Å². The van der Waals surface area contributed by atoms with Gasteiger partial charge in [-0.2, -0.15) is 0 Å². The van der Waals surface area contributed by atoms with Gasteiger partial charge in [0.1, 0.15) is 5.75 Å². The van der Waals surface area contributed by atoms with Crippen molar-refractivity contribution in [3.63, 3.8) is 0 Å². The minimum Gasteiger partial charge on any atom is -0.439 e. The summed E-state index contributed by atoms with van der Waals surface area (Å²) in [6, 6.07) is 12.0. The lowest BCUT2D eigenvalue weighted by Crippen LogP contribution is -2.01. The zero-order valence-electron chi connectivity index (χ0n) is 11.5. The lowest BCUT2D eigenvalue weighted by atomic mass is 10.1. The number of hydrogen-bond acceptors (Lipinski definition) is 3. The second kappa shape index (κ2) is 6.34. The van der Waals surface area contributed by atoms with Crippen LogP contribution in [0.4, 0.5) is 0 Å². The fraction of sp³-hybridized carbons (Fsp3) is 0.312. The molecular formula is C16H20N2O. The van der Waals surface area contributed by atoms with Gasteiger partial charge in [-0.15, -0.1) is 0 Å². The fourth-order valence-corrected chi connectivity index (χ4v) is 1.92. The van der Waals surface area contributed by atoms with Gasteiger partial charge < -0.3 is 10.5 Å². The summed E-state index contributed by atoms with van der Waals surface area (Å²) in [4.78, 5) is 4.47. The van der Waals surface area contributed by atoms with Crippen LogP contribution in [0.25, 0.3) is 0 Å². The van der Waals surface area contributed by atoms with Crippen molar-refractivity contribution in [1.82, 2.24) is 4.98 Å². The number of nitrogens with zero attached hydrogens (tertiary/aromatic N) is 1. The minimum absolute atomic E-state index is 0.501.